The zero-order valence-corrected chi connectivity index (χ0v) is 16.6. The van der Waals surface area contributed by atoms with Crippen LogP contribution in [0.2, 0.25) is 0 Å². The minimum Gasteiger partial charge on any atom is -0.495 e. The number of nitrogens with one attached hydrogen (secondary N) is 4. The SMILES string of the molecule is COc1ccc(C)cc1NC(=O)CNC(=O)CCNC(=O)NC1CCCCC1. The number of methoxy groups -OCH3 is 1. The first-order valence-electron chi connectivity index (χ1n) is 9.73. The number of aryl methyl sites for hydroxylation is 1. The number of ether oxygens (including phenoxy) is 1. The van der Waals surface area contributed by atoms with Crippen LogP contribution in [0.15, 0.2) is 18.2 Å². The molecule has 1 aliphatic rings. The second-order valence-electron chi connectivity index (χ2n) is 7.01. The zero-order chi connectivity index (χ0) is 20.4. The Morgan fingerprint density at radius 2 is 1.82 bits per heavy atom. The van der Waals surface area contributed by atoms with E-state index in [9.17, 15) is 14.4 Å². The summed E-state index contributed by atoms with van der Waals surface area (Å²) in [5, 5.41) is 10.9. The summed E-state index contributed by atoms with van der Waals surface area (Å²) in [4.78, 5) is 35.7. The summed E-state index contributed by atoms with van der Waals surface area (Å²) in [6, 6.07) is 5.43. The first kappa shape index (κ1) is 21.5. The average Bonchev–Trinajstić information content (AvgIpc) is 2.67. The van der Waals surface area contributed by atoms with Crippen LogP contribution in [0.5, 0.6) is 5.75 Å². The van der Waals surface area contributed by atoms with Crippen molar-refractivity contribution in [3.63, 3.8) is 0 Å². The van der Waals surface area contributed by atoms with Gasteiger partial charge in [0.1, 0.15) is 5.75 Å². The summed E-state index contributed by atoms with van der Waals surface area (Å²) in [5.74, 6) is -0.0944. The minimum atomic E-state index is -0.347. The monoisotopic (exact) mass is 390 g/mol. The molecule has 4 N–H and O–H groups in total. The Labute approximate surface area is 165 Å². The van der Waals surface area contributed by atoms with E-state index < -0.39 is 0 Å². The van der Waals surface area contributed by atoms with Crippen molar-refractivity contribution in [3.8, 4) is 5.75 Å². The van der Waals surface area contributed by atoms with Crippen LogP contribution in [-0.4, -0.2) is 44.1 Å². The maximum Gasteiger partial charge on any atom is 0.315 e. The van der Waals surface area contributed by atoms with Crippen molar-refractivity contribution in [1.82, 2.24) is 16.0 Å². The van der Waals surface area contributed by atoms with Crippen molar-refractivity contribution in [2.45, 2.75) is 51.5 Å². The smallest absolute Gasteiger partial charge is 0.315 e. The Balaban J connectivity index is 1.63. The average molecular weight is 390 g/mol. The Morgan fingerprint density at radius 1 is 1.07 bits per heavy atom. The third kappa shape index (κ3) is 7.46. The third-order valence-corrected chi connectivity index (χ3v) is 4.65. The standard InChI is InChI=1S/C20H30N4O4/c1-14-8-9-17(28-2)16(12-14)24-19(26)13-22-18(25)10-11-21-20(27)23-15-6-4-3-5-7-15/h8-9,12,15H,3-7,10-11,13H2,1-2H3,(H,22,25)(H,24,26)(H2,21,23,27). The predicted molar refractivity (Wildman–Crippen MR) is 107 cm³/mol. The lowest BCUT2D eigenvalue weighted by Gasteiger charge is -2.22. The van der Waals surface area contributed by atoms with Gasteiger partial charge in [-0.1, -0.05) is 25.3 Å². The first-order chi connectivity index (χ1) is 13.5. The Morgan fingerprint density at radius 3 is 2.54 bits per heavy atom. The van der Waals surface area contributed by atoms with Gasteiger partial charge in [0.15, 0.2) is 0 Å². The molecule has 1 aromatic rings. The van der Waals surface area contributed by atoms with Crippen LogP contribution in [-0.2, 0) is 9.59 Å². The molecule has 4 amide bonds. The van der Waals surface area contributed by atoms with Gasteiger partial charge >= 0.3 is 6.03 Å². The first-order valence-corrected chi connectivity index (χ1v) is 9.73. The lowest BCUT2D eigenvalue weighted by Crippen LogP contribution is -2.44. The van der Waals surface area contributed by atoms with E-state index in [2.05, 4.69) is 21.3 Å². The van der Waals surface area contributed by atoms with E-state index in [1.165, 1.54) is 13.5 Å². The molecule has 8 heteroatoms. The summed E-state index contributed by atoms with van der Waals surface area (Å²) in [6.07, 6.45) is 5.64. The highest BCUT2D eigenvalue weighted by Gasteiger charge is 2.15. The molecule has 0 aliphatic heterocycles. The fourth-order valence-corrected chi connectivity index (χ4v) is 3.15. The van der Waals surface area contributed by atoms with Gasteiger partial charge in [-0.2, -0.15) is 0 Å². The molecule has 1 fully saturated rings. The summed E-state index contributed by atoms with van der Waals surface area (Å²) < 4.78 is 5.21. The van der Waals surface area contributed by atoms with E-state index in [0.29, 0.717) is 11.4 Å². The molecule has 0 unspecified atom stereocenters. The number of urea groups is 1. The van der Waals surface area contributed by atoms with Gasteiger partial charge in [-0.05, 0) is 37.5 Å². The number of anilines is 1. The van der Waals surface area contributed by atoms with Crippen molar-refractivity contribution >= 4 is 23.5 Å². The molecule has 28 heavy (non-hydrogen) atoms. The molecule has 0 spiro atoms. The van der Waals surface area contributed by atoms with E-state index in [1.54, 1.807) is 12.1 Å². The van der Waals surface area contributed by atoms with E-state index in [1.807, 2.05) is 13.0 Å². The number of hydrogen-bond donors (Lipinski definition) is 4. The molecule has 2 rings (SSSR count). The molecule has 8 nitrogen and oxygen atoms in total. The highest BCUT2D eigenvalue weighted by Crippen LogP contribution is 2.24. The maximum atomic E-state index is 12.0. The van der Waals surface area contributed by atoms with Crippen molar-refractivity contribution in [3.05, 3.63) is 23.8 Å². The van der Waals surface area contributed by atoms with Gasteiger partial charge in [-0.15, -0.1) is 0 Å². The predicted octanol–water partition coefficient (Wildman–Crippen LogP) is 2.08. The van der Waals surface area contributed by atoms with Crippen LogP contribution in [0.4, 0.5) is 10.5 Å². The van der Waals surface area contributed by atoms with Gasteiger partial charge in [0.05, 0.1) is 19.3 Å². The van der Waals surface area contributed by atoms with Crippen LogP contribution in [0.1, 0.15) is 44.1 Å². The third-order valence-electron chi connectivity index (χ3n) is 4.65. The molecule has 0 aromatic heterocycles. The van der Waals surface area contributed by atoms with Gasteiger partial charge in [-0.25, -0.2) is 4.79 Å². The molecule has 1 saturated carbocycles. The molecule has 1 aromatic carbocycles. The molecule has 1 aliphatic carbocycles. The van der Waals surface area contributed by atoms with Gasteiger partial charge in [0, 0.05) is 19.0 Å². The molecule has 0 heterocycles. The molecular formula is C20H30N4O4. The largest absolute Gasteiger partial charge is 0.495 e. The van der Waals surface area contributed by atoms with Crippen molar-refractivity contribution in [2.75, 3.05) is 25.5 Å². The minimum absolute atomic E-state index is 0.110. The number of carbonyl (C=O) groups excluding carboxylic acids is 3. The number of amides is 4. The van der Waals surface area contributed by atoms with Gasteiger partial charge < -0.3 is 26.0 Å². The number of carbonyl (C=O) groups is 3. The summed E-state index contributed by atoms with van der Waals surface area (Å²) >= 11 is 0. The summed E-state index contributed by atoms with van der Waals surface area (Å²) in [7, 11) is 1.53. The number of hydrogen-bond acceptors (Lipinski definition) is 4. The number of rotatable bonds is 8. The van der Waals surface area contributed by atoms with Crippen molar-refractivity contribution in [1.29, 1.82) is 0 Å². The highest BCUT2D eigenvalue weighted by molar-refractivity contribution is 5.95. The van der Waals surface area contributed by atoms with E-state index in [4.69, 9.17) is 4.74 Å². The molecule has 154 valence electrons. The Kier molecular flexibility index (Phi) is 8.58. The summed E-state index contributed by atoms with van der Waals surface area (Å²) in [5.41, 5.74) is 1.54. The topological polar surface area (TPSA) is 109 Å². The van der Waals surface area contributed by atoms with Crippen molar-refractivity contribution in [2.24, 2.45) is 0 Å². The fourth-order valence-electron chi connectivity index (χ4n) is 3.15. The van der Waals surface area contributed by atoms with Gasteiger partial charge in [0.2, 0.25) is 11.8 Å². The van der Waals surface area contributed by atoms with Gasteiger partial charge in [0.25, 0.3) is 0 Å². The van der Waals surface area contributed by atoms with Crippen LogP contribution < -0.4 is 26.0 Å². The molecule has 0 atom stereocenters. The Hall–Kier alpha value is -2.77. The maximum absolute atomic E-state index is 12.0. The highest BCUT2D eigenvalue weighted by atomic mass is 16.5. The Bertz CT molecular complexity index is 687. The lowest BCUT2D eigenvalue weighted by atomic mass is 9.96. The van der Waals surface area contributed by atoms with E-state index >= 15 is 0 Å². The molecule has 0 radical (unpaired) electrons. The quantitative estimate of drug-likeness (QED) is 0.545. The molecular weight excluding hydrogens is 360 g/mol. The second kappa shape index (κ2) is 11.2. The number of benzene rings is 1. The van der Waals surface area contributed by atoms with Gasteiger partial charge in [-0.3, -0.25) is 9.59 Å². The normalized spacial score (nSPS) is 14.1. The molecule has 0 saturated heterocycles. The van der Waals surface area contributed by atoms with E-state index in [-0.39, 0.29) is 43.4 Å². The van der Waals surface area contributed by atoms with Crippen LogP contribution >= 0.6 is 0 Å². The van der Waals surface area contributed by atoms with Crippen LogP contribution in [0.25, 0.3) is 0 Å². The second-order valence-corrected chi connectivity index (χ2v) is 7.01. The lowest BCUT2D eigenvalue weighted by molar-refractivity contribution is -0.124. The van der Waals surface area contributed by atoms with Crippen LogP contribution in [0.3, 0.4) is 0 Å². The summed E-state index contributed by atoms with van der Waals surface area (Å²) in [6.45, 7) is 1.98. The zero-order valence-electron chi connectivity index (χ0n) is 16.6. The van der Waals surface area contributed by atoms with Crippen LogP contribution in [0, 0.1) is 6.92 Å². The van der Waals surface area contributed by atoms with Crippen molar-refractivity contribution < 1.29 is 19.1 Å². The molecule has 0 bridgehead atoms. The fraction of sp³-hybridized carbons (Fsp3) is 0.550. The van der Waals surface area contributed by atoms with E-state index in [0.717, 1.165) is 31.2 Å².